The number of hydrogen-bond acceptors (Lipinski definition) is 4. The molecule has 2 aliphatic heterocycles. The minimum atomic E-state index is 0.586. The van der Waals surface area contributed by atoms with Crippen LogP contribution in [-0.2, 0) is 12.2 Å². The predicted octanol–water partition coefficient (Wildman–Crippen LogP) is 6.15. The smallest absolute Gasteiger partial charge is 0.118 e. The van der Waals surface area contributed by atoms with Crippen LogP contribution in [0.15, 0.2) is 77.7 Å². The van der Waals surface area contributed by atoms with Crippen LogP contribution < -0.4 is 9.64 Å². The Morgan fingerprint density at radius 3 is 2.55 bits per heavy atom. The van der Waals surface area contributed by atoms with Crippen LogP contribution in [0.1, 0.15) is 24.0 Å². The highest BCUT2D eigenvalue weighted by molar-refractivity contribution is 7.98. The Balaban J connectivity index is 1.34. The van der Waals surface area contributed by atoms with Gasteiger partial charge in [-0.25, -0.2) is 0 Å². The van der Waals surface area contributed by atoms with E-state index in [9.17, 15) is 0 Å². The van der Waals surface area contributed by atoms with Crippen molar-refractivity contribution < 1.29 is 4.74 Å². The van der Waals surface area contributed by atoms with Crippen LogP contribution in [0.5, 0.6) is 5.75 Å². The topological polar surface area (TPSA) is 15.7 Å². The number of hydrogen-bond donors (Lipinski definition) is 0. The summed E-state index contributed by atoms with van der Waals surface area (Å²) >= 11 is 1.96. The largest absolute Gasteiger partial charge is 0.497 e. The number of ether oxygens (including phenoxy) is 1. The summed E-state index contributed by atoms with van der Waals surface area (Å²) < 4.78 is 5.30. The SMILES string of the molecule is COc1ccc(CCN2CCCC2CN2c3ccccc3CSc3ccccc32)cc1. The Labute approximate surface area is 190 Å². The first-order valence-corrected chi connectivity index (χ1v) is 12.2. The zero-order valence-electron chi connectivity index (χ0n) is 18.2. The molecule has 5 rings (SSSR count). The number of nitrogens with zero attached hydrogens (tertiary/aromatic N) is 2. The summed E-state index contributed by atoms with van der Waals surface area (Å²) in [5.41, 5.74) is 5.56. The van der Waals surface area contributed by atoms with E-state index in [0.717, 1.165) is 31.0 Å². The van der Waals surface area contributed by atoms with Crippen LogP contribution in [-0.4, -0.2) is 37.7 Å². The molecule has 0 aliphatic carbocycles. The Hall–Kier alpha value is -2.43. The Bertz CT molecular complexity index is 972. The molecule has 0 radical (unpaired) electrons. The molecule has 2 aliphatic rings. The first-order valence-electron chi connectivity index (χ1n) is 11.3. The van der Waals surface area contributed by atoms with Gasteiger partial charge in [0.1, 0.15) is 5.75 Å². The maximum atomic E-state index is 5.30. The van der Waals surface area contributed by atoms with Crippen molar-refractivity contribution in [3.8, 4) is 5.75 Å². The van der Waals surface area contributed by atoms with Crippen LogP contribution in [0, 0.1) is 0 Å². The molecule has 0 bridgehead atoms. The molecule has 1 atom stereocenters. The van der Waals surface area contributed by atoms with Crippen molar-refractivity contribution in [1.29, 1.82) is 0 Å². The van der Waals surface area contributed by atoms with Gasteiger partial charge in [-0.05, 0) is 67.3 Å². The van der Waals surface area contributed by atoms with E-state index < -0.39 is 0 Å². The molecule has 1 saturated heterocycles. The average Bonchev–Trinajstić information content (AvgIpc) is 3.21. The number of fused-ring (bicyclic) bond motifs is 2. The molecule has 4 heteroatoms. The van der Waals surface area contributed by atoms with E-state index in [1.807, 2.05) is 11.8 Å². The molecular formula is C27H30N2OS. The lowest BCUT2D eigenvalue weighted by molar-refractivity contribution is 0.261. The number of thioether (sulfide) groups is 1. The first-order chi connectivity index (χ1) is 15.3. The summed E-state index contributed by atoms with van der Waals surface area (Å²) in [4.78, 5) is 6.68. The van der Waals surface area contributed by atoms with E-state index in [1.165, 1.54) is 46.8 Å². The monoisotopic (exact) mass is 430 g/mol. The van der Waals surface area contributed by atoms with E-state index in [4.69, 9.17) is 4.74 Å². The van der Waals surface area contributed by atoms with Gasteiger partial charge in [0.2, 0.25) is 0 Å². The minimum absolute atomic E-state index is 0.586. The standard InChI is InChI=1S/C27H30N2OS/c1-30-24-14-12-21(13-15-24)16-18-28-17-6-8-23(28)19-29-25-9-3-2-7-22(25)20-31-27-11-5-4-10-26(27)29/h2-5,7,9-15,23H,6,8,16-20H2,1H3. The van der Waals surface area contributed by atoms with E-state index in [2.05, 4.69) is 82.6 Å². The molecular weight excluding hydrogens is 400 g/mol. The van der Waals surface area contributed by atoms with Crippen molar-refractivity contribution >= 4 is 23.1 Å². The fraction of sp³-hybridized carbons (Fsp3) is 0.333. The molecule has 1 unspecified atom stereocenters. The van der Waals surface area contributed by atoms with Crippen LogP contribution in [0.3, 0.4) is 0 Å². The fourth-order valence-corrected chi connectivity index (χ4v) is 5.91. The number of para-hydroxylation sites is 2. The molecule has 0 spiro atoms. The van der Waals surface area contributed by atoms with Crippen molar-refractivity contribution in [3.63, 3.8) is 0 Å². The molecule has 2 heterocycles. The van der Waals surface area contributed by atoms with Gasteiger partial charge in [-0.2, -0.15) is 0 Å². The lowest BCUT2D eigenvalue weighted by Gasteiger charge is -2.33. The summed E-state index contributed by atoms with van der Waals surface area (Å²) in [6.45, 7) is 3.37. The van der Waals surface area contributed by atoms with Gasteiger partial charge in [0.25, 0.3) is 0 Å². The number of benzene rings is 3. The van der Waals surface area contributed by atoms with E-state index in [0.29, 0.717) is 6.04 Å². The van der Waals surface area contributed by atoms with Crippen LogP contribution >= 0.6 is 11.8 Å². The summed E-state index contributed by atoms with van der Waals surface area (Å²) in [7, 11) is 1.72. The van der Waals surface area contributed by atoms with Gasteiger partial charge in [0.05, 0.1) is 12.8 Å². The highest BCUT2D eigenvalue weighted by Gasteiger charge is 2.29. The van der Waals surface area contributed by atoms with Gasteiger partial charge in [0.15, 0.2) is 0 Å². The van der Waals surface area contributed by atoms with Crippen LogP contribution in [0.25, 0.3) is 0 Å². The lowest BCUT2D eigenvalue weighted by atomic mass is 10.1. The molecule has 160 valence electrons. The van der Waals surface area contributed by atoms with Crippen molar-refractivity contribution in [3.05, 3.63) is 83.9 Å². The fourth-order valence-electron chi connectivity index (χ4n) is 4.85. The van der Waals surface area contributed by atoms with Gasteiger partial charge < -0.3 is 9.64 Å². The van der Waals surface area contributed by atoms with Crippen LogP contribution in [0.2, 0.25) is 0 Å². The quantitative estimate of drug-likeness (QED) is 0.466. The lowest BCUT2D eigenvalue weighted by Crippen LogP contribution is -2.39. The van der Waals surface area contributed by atoms with Gasteiger partial charge >= 0.3 is 0 Å². The number of likely N-dealkylation sites (tertiary alicyclic amines) is 1. The molecule has 3 nitrogen and oxygen atoms in total. The maximum absolute atomic E-state index is 5.30. The molecule has 3 aromatic carbocycles. The Kier molecular flexibility index (Phi) is 6.19. The van der Waals surface area contributed by atoms with E-state index >= 15 is 0 Å². The van der Waals surface area contributed by atoms with Crippen molar-refractivity contribution in [2.24, 2.45) is 0 Å². The molecule has 3 aromatic rings. The summed E-state index contributed by atoms with van der Waals surface area (Å²) in [6.07, 6.45) is 3.65. The minimum Gasteiger partial charge on any atom is -0.497 e. The third-order valence-corrected chi connectivity index (χ3v) is 7.67. The van der Waals surface area contributed by atoms with Gasteiger partial charge in [-0.3, -0.25) is 4.90 Å². The van der Waals surface area contributed by atoms with E-state index in [-0.39, 0.29) is 0 Å². The third-order valence-electron chi connectivity index (χ3n) is 6.56. The van der Waals surface area contributed by atoms with Crippen molar-refractivity contribution in [2.45, 2.75) is 36.0 Å². The highest BCUT2D eigenvalue weighted by Crippen LogP contribution is 2.43. The number of rotatable bonds is 6. The maximum Gasteiger partial charge on any atom is 0.118 e. The number of anilines is 2. The third kappa shape index (κ3) is 4.46. The summed E-state index contributed by atoms with van der Waals surface area (Å²) in [5.74, 6) is 1.97. The van der Waals surface area contributed by atoms with Crippen molar-refractivity contribution in [1.82, 2.24) is 4.90 Å². The second-order valence-corrected chi connectivity index (χ2v) is 9.44. The summed E-state index contributed by atoms with van der Waals surface area (Å²) in [5, 5.41) is 0. The number of methoxy groups -OCH3 is 1. The molecule has 0 N–H and O–H groups in total. The van der Waals surface area contributed by atoms with Crippen LogP contribution in [0.4, 0.5) is 11.4 Å². The zero-order chi connectivity index (χ0) is 21.0. The highest BCUT2D eigenvalue weighted by atomic mass is 32.2. The normalized spacial score (nSPS) is 18.4. The van der Waals surface area contributed by atoms with Gasteiger partial charge in [-0.1, -0.05) is 42.5 Å². The predicted molar refractivity (Wildman–Crippen MR) is 131 cm³/mol. The van der Waals surface area contributed by atoms with Gasteiger partial charge in [-0.15, -0.1) is 11.8 Å². The molecule has 0 amide bonds. The second-order valence-electron chi connectivity index (χ2n) is 8.43. The Morgan fingerprint density at radius 2 is 1.71 bits per heavy atom. The molecule has 1 fully saturated rings. The zero-order valence-corrected chi connectivity index (χ0v) is 19.0. The van der Waals surface area contributed by atoms with E-state index in [1.54, 1.807) is 7.11 Å². The first kappa shape index (κ1) is 20.5. The second kappa shape index (κ2) is 9.37. The molecule has 0 aromatic heterocycles. The average molecular weight is 431 g/mol. The molecule has 0 saturated carbocycles. The Morgan fingerprint density at radius 1 is 0.935 bits per heavy atom. The summed E-state index contributed by atoms with van der Waals surface area (Å²) in [6, 6.07) is 27.0. The molecule has 31 heavy (non-hydrogen) atoms. The van der Waals surface area contributed by atoms with Gasteiger partial charge in [0, 0.05) is 35.5 Å². The van der Waals surface area contributed by atoms with Crippen molar-refractivity contribution in [2.75, 3.05) is 31.6 Å².